The van der Waals surface area contributed by atoms with Crippen molar-refractivity contribution in [3.63, 3.8) is 0 Å². The quantitative estimate of drug-likeness (QED) is 0.700. The van der Waals surface area contributed by atoms with Gasteiger partial charge in [0.1, 0.15) is 0 Å². The maximum absolute atomic E-state index is 5.38. The molecule has 1 fully saturated rings. The Morgan fingerprint density at radius 2 is 1.95 bits per heavy atom. The lowest BCUT2D eigenvalue weighted by molar-refractivity contribution is -0.903. The minimum Gasteiger partial charge on any atom is -0.362 e. The molecule has 0 spiro atoms. The standard InChI is InChI=1S/C16H25N3S/c1-2-19-12-9-15(10-13-19)18-16(20)17-11-8-14-6-4-3-5-7-14/h3-7,15H,2,8-13H2,1H3,(H2,17,18,20)/p+1. The lowest BCUT2D eigenvalue weighted by Gasteiger charge is -2.29. The maximum Gasteiger partial charge on any atom is 0.166 e. The van der Waals surface area contributed by atoms with Crippen LogP contribution in [0.4, 0.5) is 0 Å². The SMILES string of the molecule is CC[NH+]1CCC(NC(=S)NCCc2ccccc2)CC1. The predicted octanol–water partition coefficient (Wildman–Crippen LogP) is 0.760. The van der Waals surface area contributed by atoms with Gasteiger partial charge in [0, 0.05) is 25.4 Å². The van der Waals surface area contributed by atoms with Crippen LogP contribution in [0.15, 0.2) is 30.3 Å². The van der Waals surface area contributed by atoms with Crippen LogP contribution in [-0.2, 0) is 6.42 Å². The van der Waals surface area contributed by atoms with Crippen molar-refractivity contribution in [2.75, 3.05) is 26.2 Å². The monoisotopic (exact) mass is 292 g/mol. The summed E-state index contributed by atoms with van der Waals surface area (Å²) >= 11 is 5.38. The highest BCUT2D eigenvalue weighted by Crippen LogP contribution is 2.00. The second-order valence-corrected chi connectivity index (χ2v) is 5.92. The zero-order valence-electron chi connectivity index (χ0n) is 12.3. The van der Waals surface area contributed by atoms with Crippen molar-refractivity contribution in [1.29, 1.82) is 0 Å². The molecule has 4 heteroatoms. The topological polar surface area (TPSA) is 28.5 Å². The molecule has 0 aliphatic carbocycles. The third-order valence-corrected chi connectivity index (χ3v) is 4.33. The molecule has 0 bridgehead atoms. The van der Waals surface area contributed by atoms with Gasteiger partial charge in [-0.05, 0) is 31.1 Å². The first-order valence-corrected chi connectivity index (χ1v) is 8.10. The van der Waals surface area contributed by atoms with Crippen LogP contribution in [-0.4, -0.2) is 37.3 Å². The van der Waals surface area contributed by atoms with Gasteiger partial charge in [0.05, 0.1) is 19.6 Å². The van der Waals surface area contributed by atoms with E-state index in [0.29, 0.717) is 6.04 Å². The van der Waals surface area contributed by atoms with Crippen LogP contribution < -0.4 is 15.5 Å². The fourth-order valence-corrected chi connectivity index (χ4v) is 2.99. The molecule has 0 unspecified atom stereocenters. The van der Waals surface area contributed by atoms with E-state index >= 15 is 0 Å². The van der Waals surface area contributed by atoms with Crippen LogP contribution in [0, 0.1) is 0 Å². The molecule has 20 heavy (non-hydrogen) atoms. The van der Waals surface area contributed by atoms with E-state index in [9.17, 15) is 0 Å². The number of likely N-dealkylation sites (tertiary alicyclic amines) is 1. The van der Waals surface area contributed by atoms with Crippen LogP contribution in [0.1, 0.15) is 25.3 Å². The van der Waals surface area contributed by atoms with Crippen molar-refractivity contribution < 1.29 is 4.90 Å². The van der Waals surface area contributed by atoms with E-state index in [4.69, 9.17) is 12.2 Å². The normalized spacial score (nSPS) is 22.2. The van der Waals surface area contributed by atoms with Crippen molar-refractivity contribution in [3.05, 3.63) is 35.9 Å². The second kappa shape index (κ2) is 8.22. The van der Waals surface area contributed by atoms with Gasteiger partial charge in [-0.15, -0.1) is 0 Å². The number of rotatable bonds is 5. The molecule has 0 aromatic heterocycles. The van der Waals surface area contributed by atoms with Gasteiger partial charge in [-0.3, -0.25) is 0 Å². The molecular weight excluding hydrogens is 266 g/mol. The van der Waals surface area contributed by atoms with E-state index in [0.717, 1.165) is 18.1 Å². The molecule has 0 radical (unpaired) electrons. The third kappa shape index (κ3) is 5.10. The van der Waals surface area contributed by atoms with E-state index < -0.39 is 0 Å². The number of benzene rings is 1. The number of piperidine rings is 1. The van der Waals surface area contributed by atoms with Crippen LogP contribution in [0.3, 0.4) is 0 Å². The highest BCUT2D eigenvalue weighted by molar-refractivity contribution is 7.80. The molecule has 3 nitrogen and oxygen atoms in total. The molecule has 1 aromatic carbocycles. The van der Waals surface area contributed by atoms with Gasteiger partial charge >= 0.3 is 0 Å². The summed E-state index contributed by atoms with van der Waals surface area (Å²) in [6, 6.07) is 11.1. The summed E-state index contributed by atoms with van der Waals surface area (Å²) in [4.78, 5) is 1.71. The van der Waals surface area contributed by atoms with E-state index in [-0.39, 0.29) is 0 Å². The van der Waals surface area contributed by atoms with E-state index in [1.54, 1.807) is 4.90 Å². The molecule has 110 valence electrons. The number of nitrogens with one attached hydrogen (secondary N) is 3. The smallest absolute Gasteiger partial charge is 0.166 e. The molecule has 1 aliphatic rings. The second-order valence-electron chi connectivity index (χ2n) is 5.51. The molecular formula is C16H26N3S+. The molecule has 2 rings (SSSR count). The Bertz CT molecular complexity index is 399. The number of hydrogen-bond acceptors (Lipinski definition) is 1. The fourth-order valence-electron chi connectivity index (χ4n) is 2.73. The Labute approximate surface area is 127 Å². The Balaban J connectivity index is 1.61. The molecule has 1 saturated heterocycles. The Morgan fingerprint density at radius 1 is 1.25 bits per heavy atom. The molecule has 1 aromatic rings. The summed E-state index contributed by atoms with van der Waals surface area (Å²) in [6.45, 7) is 6.93. The van der Waals surface area contributed by atoms with Gasteiger partial charge in [-0.1, -0.05) is 30.3 Å². The lowest BCUT2D eigenvalue weighted by atomic mass is 10.1. The van der Waals surface area contributed by atoms with Crippen LogP contribution in [0.5, 0.6) is 0 Å². The molecule has 0 atom stereocenters. The fraction of sp³-hybridized carbons (Fsp3) is 0.562. The third-order valence-electron chi connectivity index (χ3n) is 4.07. The first kappa shape index (κ1) is 15.3. The van der Waals surface area contributed by atoms with Crippen LogP contribution >= 0.6 is 12.2 Å². The Kier molecular flexibility index (Phi) is 6.27. The largest absolute Gasteiger partial charge is 0.362 e. The first-order valence-electron chi connectivity index (χ1n) is 7.69. The molecule has 1 heterocycles. The number of quaternary nitrogens is 1. The Morgan fingerprint density at radius 3 is 2.60 bits per heavy atom. The highest BCUT2D eigenvalue weighted by Gasteiger charge is 2.20. The molecule has 0 saturated carbocycles. The first-order chi connectivity index (χ1) is 9.78. The van der Waals surface area contributed by atoms with Gasteiger partial charge in [-0.2, -0.15) is 0 Å². The molecule has 0 amide bonds. The van der Waals surface area contributed by atoms with Crippen molar-refractivity contribution in [3.8, 4) is 0 Å². The van der Waals surface area contributed by atoms with Gasteiger partial charge < -0.3 is 15.5 Å². The van der Waals surface area contributed by atoms with Crippen molar-refractivity contribution >= 4 is 17.3 Å². The Hall–Kier alpha value is -1.13. The summed E-state index contributed by atoms with van der Waals surface area (Å²) in [6.07, 6.45) is 3.47. The summed E-state index contributed by atoms with van der Waals surface area (Å²) in [5.74, 6) is 0. The summed E-state index contributed by atoms with van der Waals surface area (Å²) in [7, 11) is 0. The van der Waals surface area contributed by atoms with Gasteiger partial charge in [0.2, 0.25) is 0 Å². The van der Waals surface area contributed by atoms with E-state index in [1.807, 2.05) is 6.07 Å². The maximum atomic E-state index is 5.38. The van der Waals surface area contributed by atoms with Crippen molar-refractivity contribution in [2.24, 2.45) is 0 Å². The van der Waals surface area contributed by atoms with E-state index in [2.05, 4.69) is 41.8 Å². The number of thiocarbonyl (C=S) groups is 1. The molecule has 3 N–H and O–H groups in total. The van der Waals surface area contributed by atoms with Crippen molar-refractivity contribution in [1.82, 2.24) is 10.6 Å². The summed E-state index contributed by atoms with van der Waals surface area (Å²) in [5.41, 5.74) is 1.35. The zero-order valence-corrected chi connectivity index (χ0v) is 13.1. The minimum atomic E-state index is 0.557. The highest BCUT2D eigenvalue weighted by atomic mass is 32.1. The average Bonchev–Trinajstić information content (AvgIpc) is 2.49. The average molecular weight is 292 g/mol. The number of hydrogen-bond donors (Lipinski definition) is 3. The van der Waals surface area contributed by atoms with Gasteiger partial charge in [0.15, 0.2) is 5.11 Å². The summed E-state index contributed by atoms with van der Waals surface area (Å²) in [5, 5.41) is 7.58. The predicted molar refractivity (Wildman–Crippen MR) is 88.1 cm³/mol. The summed E-state index contributed by atoms with van der Waals surface area (Å²) < 4.78 is 0. The van der Waals surface area contributed by atoms with Crippen LogP contribution in [0.2, 0.25) is 0 Å². The van der Waals surface area contributed by atoms with Gasteiger partial charge in [0.25, 0.3) is 0 Å². The zero-order chi connectivity index (χ0) is 14.2. The van der Waals surface area contributed by atoms with Crippen LogP contribution in [0.25, 0.3) is 0 Å². The molecule has 1 aliphatic heterocycles. The minimum absolute atomic E-state index is 0.557. The van der Waals surface area contributed by atoms with E-state index in [1.165, 1.54) is 38.0 Å². The lowest BCUT2D eigenvalue weighted by Crippen LogP contribution is -3.13. The van der Waals surface area contributed by atoms with Crippen molar-refractivity contribution in [2.45, 2.75) is 32.2 Å². The van der Waals surface area contributed by atoms with Gasteiger partial charge in [-0.25, -0.2) is 0 Å².